The average molecular weight is 295 g/mol. The van der Waals surface area contributed by atoms with Crippen molar-refractivity contribution in [3.63, 3.8) is 0 Å². The Balaban J connectivity index is 1.84. The zero-order valence-corrected chi connectivity index (χ0v) is 12.3. The number of carbonyl (C=O) groups excluding carboxylic acids is 2. The third kappa shape index (κ3) is 3.97. The largest absolute Gasteiger partial charge is 0.344 e. The first-order chi connectivity index (χ1) is 9.56. The SMILES string of the molecule is CC1CCCN(C(=O)C(=O)NCc2ccc(Cl)cc2)C1. The fourth-order valence-corrected chi connectivity index (χ4v) is 2.50. The molecule has 0 bridgehead atoms. The lowest BCUT2D eigenvalue weighted by molar-refractivity contribution is -0.147. The van der Waals surface area contributed by atoms with Gasteiger partial charge in [-0.3, -0.25) is 9.59 Å². The van der Waals surface area contributed by atoms with Crippen LogP contribution in [-0.4, -0.2) is 29.8 Å². The van der Waals surface area contributed by atoms with Gasteiger partial charge in [0.2, 0.25) is 0 Å². The van der Waals surface area contributed by atoms with Crippen LogP contribution in [0, 0.1) is 5.92 Å². The molecule has 1 aromatic carbocycles. The van der Waals surface area contributed by atoms with Crippen molar-refractivity contribution in [2.45, 2.75) is 26.3 Å². The number of nitrogens with zero attached hydrogens (tertiary/aromatic N) is 1. The standard InChI is InChI=1S/C15H19ClN2O2/c1-11-3-2-8-18(10-11)15(20)14(19)17-9-12-4-6-13(16)7-5-12/h4-7,11H,2-3,8-10H2,1H3,(H,17,19). The van der Waals surface area contributed by atoms with E-state index in [1.54, 1.807) is 17.0 Å². The van der Waals surface area contributed by atoms with Crippen molar-refractivity contribution in [1.29, 1.82) is 0 Å². The smallest absolute Gasteiger partial charge is 0.311 e. The molecule has 1 atom stereocenters. The van der Waals surface area contributed by atoms with Crippen molar-refractivity contribution in [2.24, 2.45) is 5.92 Å². The van der Waals surface area contributed by atoms with Crippen LogP contribution in [-0.2, 0) is 16.1 Å². The lowest BCUT2D eigenvalue weighted by atomic mass is 10.0. The summed E-state index contributed by atoms with van der Waals surface area (Å²) in [4.78, 5) is 25.5. The second kappa shape index (κ2) is 6.75. The molecular formula is C15H19ClN2O2. The van der Waals surface area contributed by atoms with E-state index in [2.05, 4.69) is 12.2 Å². The van der Waals surface area contributed by atoms with Gasteiger partial charge in [0, 0.05) is 24.7 Å². The summed E-state index contributed by atoms with van der Waals surface area (Å²) < 4.78 is 0. The molecule has 20 heavy (non-hydrogen) atoms. The first kappa shape index (κ1) is 14.9. The van der Waals surface area contributed by atoms with Gasteiger partial charge in [-0.1, -0.05) is 30.7 Å². The van der Waals surface area contributed by atoms with E-state index in [0.29, 0.717) is 30.6 Å². The Morgan fingerprint density at radius 2 is 2.05 bits per heavy atom. The maximum Gasteiger partial charge on any atom is 0.311 e. The van der Waals surface area contributed by atoms with Crippen molar-refractivity contribution in [3.05, 3.63) is 34.9 Å². The first-order valence-electron chi connectivity index (χ1n) is 6.88. The molecule has 1 unspecified atom stereocenters. The van der Waals surface area contributed by atoms with Gasteiger partial charge >= 0.3 is 11.8 Å². The second-order valence-electron chi connectivity index (χ2n) is 5.31. The quantitative estimate of drug-likeness (QED) is 0.850. The highest BCUT2D eigenvalue weighted by Gasteiger charge is 2.25. The van der Waals surface area contributed by atoms with Crippen molar-refractivity contribution in [2.75, 3.05) is 13.1 Å². The summed E-state index contributed by atoms with van der Waals surface area (Å²) in [5, 5.41) is 3.31. The molecular weight excluding hydrogens is 276 g/mol. The molecule has 1 aliphatic heterocycles. The van der Waals surface area contributed by atoms with Crippen LogP contribution < -0.4 is 5.32 Å². The van der Waals surface area contributed by atoms with Crippen LogP contribution in [0.4, 0.5) is 0 Å². The van der Waals surface area contributed by atoms with Gasteiger partial charge in [0.1, 0.15) is 0 Å². The maximum absolute atomic E-state index is 12.0. The molecule has 0 saturated carbocycles. The number of amides is 2. The van der Waals surface area contributed by atoms with Gasteiger partial charge in [0.15, 0.2) is 0 Å². The van der Waals surface area contributed by atoms with E-state index in [-0.39, 0.29) is 0 Å². The van der Waals surface area contributed by atoms with Crippen molar-refractivity contribution in [1.82, 2.24) is 10.2 Å². The number of benzene rings is 1. The number of rotatable bonds is 2. The number of likely N-dealkylation sites (tertiary alicyclic amines) is 1. The molecule has 1 fully saturated rings. The van der Waals surface area contributed by atoms with Crippen molar-refractivity contribution >= 4 is 23.4 Å². The third-order valence-electron chi connectivity index (χ3n) is 3.50. The molecule has 0 spiro atoms. The number of hydrogen-bond acceptors (Lipinski definition) is 2. The minimum atomic E-state index is -0.533. The molecule has 1 N–H and O–H groups in total. The number of halogens is 1. The van der Waals surface area contributed by atoms with Crippen molar-refractivity contribution in [3.8, 4) is 0 Å². The summed E-state index contributed by atoms with van der Waals surface area (Å²) in [7, 11) is 0. The van der Waals surface area contributed by atoms with Crippen LogP contribution in [0.15, 0.2) is 24.3 Å². The fourth-order valence-electron chi connectivity index (χ4n) is 2.38. The molecule has 5 heteroatoms. The molecule has 4 nitrogen and oxygen atoms in total. The van der Waals surface area contributed by atoms with Crippen LogP contribution in [0.1, 0.15) is 25.3 Å². The van der Waals surface area contributed by atoms with Gasteiger partial charge in [-0.25, -0.2) is 0 Å². The lowest BCUT2D eigenvalue weighted by Crippen LogP contribution is -2.46. The minimum absolute atomic E-state index is 0.338. The maximum atomic E-state index is 12.0. The highest BCUT2D eigenvalue weighted by Crippen LogP contribution is 2.15. The lowest BCUT2D eigenvalue weighted by Gasteiger charge is -2.30. The summed E-state index contributed by atoms with van der Waals surface area (Å²) in [6, 6.07) is 7.18. The summed E-state index contributed by atoms with van der Waals surface area (Å²) in [6.07, 6.45) is 2.09. The summed E-state index contributed by atoms with van der Waals surface area (Å²) in [5.41, 5.74) is 0.919. The second-order valence-corrected chi connectivity index (χ2v) is 5.74. The fraction of sp³-hybridized carbons (Fsp3) is 0.467. The normalized spacial score (nSPS) is 18.7. The van der Waals surface area contributed by atoms with Crippen LogP contribution >= 0.6 is 11.6 Å². The Bertz CT molecular complexity index is 487. The Morgan fingerprint density at radius 1 is 1.35 bits per heavy atom. The molecule has 0 aromatic heterocycles. The van der Waals surface area contributed by atoms with E-state index >= 15 is 0 Å². The Hall–Kier alpha value is -1.55. The molecule has 2 rings (SSSR count). The van der Waals surface area contributed by atoms with Gasteiger partial charge < -0.3 is 10.2 Å². The number of nitrogens with one attached hydrogen (secondary N) is 1. The number of piperidine rings is 1. The van der Waals surface area contributed by atoms with Gasteiger partial charge in [0.25, 0.3) is 0 Å². The molecule has 1 heterocycles. The molecule has 1 aromatic rings. The van der Waals surface area contributed by atoms with E-state index < -0.39 is 11.8 Å². The van der Waals surface area contributed by atoms with E-state index in [1.165, 1.54) is 0 Å². The average Bonchev–Trinajstić information content (AvgIpc) is 2.45. The van der Waals surface area contributed by atoms with E-state index in [4.69, 9.17) is 11.6 Å². The summed E-state index contributed by atoms with van der Waals surface area (Å²) >= 11 is 5.79. The summed E-state index contributed by atoms with van der Waals surface area (Å²) in [6.45, 7) is 3.79. The number of hydrogen-bond donors (Lipinski definition) is 1. The number of carbonyl (C=O) groups is 2. The molecule has 1 aliphatic rings. The summed E-state index contributed by atoms with van der Waals surface area (Å²) in [5.74, 6) is -0.490. The van der Waals surface area contributed by atoms with E-state index in [9.17, 15) is 9.59 Å². The molecule has 0 aliphatic carbocycles. The van der Waals surface area contributed by atoms with E-state index in [1.807, 2.05) is 12.1 Å². The molecule has 2 amide bonds. The van der Waals surface area contributed by atoms with E-state index in [0.717, 1.165) is 18.4 Å². The first-order valence-corrected chi connectivity index (χ1v) is 7.25. The van der Waals surface area contributed by atoms with Crippen LogP contribution in [0.5, 0.6) is 0 Å². The zero-order chi connectivity index (χ0) is 14.5. The van der Waals surface area contributed by atoms with Gasteiger partial charge in [0.05, 0.1) is 0 Å². The predicted molar refractivity (Wildman–Crippen MR) is 78.3 cm³/mol. The van der Waals surface area contributed by atoms with Crippen molar-refractivity contribution < 1.29 is 9.59 Å². The van der Waals surface area contributed by atoms with Gasteiger partial charge in [-0.15, -0.1) is 0 Å². The van der Waals surface area contributed by atoms with Crippen LogP contribution in [0.25, 0.3) is 0 Å². The monoisotopic (exact) mass is 294 g/mol. The Labute approximate surface area is 124 Å². The molecule has 0 radical (unpaired) electrons. The van der Waals surface area contributed by atoms with Crippen LogP contribution in [0.2, 0.25) is 5.02 Å². The van der Waals surface area contributed by atoms with Crippen LogP contribution in [0.3, 0.4) is 0 Å². The van der Waals surface area contributed by atoms with Gasteiger partial charge in [-0.2, -0.15) is 0 Å². The molecule has 1 saturated heterocycles. The zero-order valence-electron chi connectivity index (χ0n) is 11.6. The minimum Gasteiger partial charge on any atom is -0.344 e. The van der Waals surface area contributed by atoms with Gasteiger partial charge in [-0.05, 0) is 36.5 Å². The highest BCUT2D eigenvalue weighted by atomic mass is 35.5. The molecule has 108 valence electrons. The topological polar surface area (TPSA) is 49.4 Å². The Kier molecular flexibility index (Phi) is 5.01. The Morgan fingerprint density at radius 3 is 2.70 bits per heavy atom. The predicted octanol–water partition coefficient (Wildman–Crippen LogP) is 2.21. The third-order valence-corrected chi connectivity index (χ3v) is 3.76. The highest BCUT2D eigenvalue weighted by molar-refractivity contribution is 6.35.